The van der Waals surface area contributed by atoms with E-state index in [1.807, 2.05) is 25.1 Å². The largest absolute Gasteiger partial charge is 0.340 e. The van der Waals surface area contributed by atoms with Gasteiger partial charge in [0, 0.05) is 17.5 Å². The zero-order valence-corrected chi connectivity index (χ0v) is 11.0. The highest BCUT2D eigenvalue weighted by Crippen LogP contribution is 2.25. The lowest BCUT2D eigenvalue weighted by molar-refractivity contribution is 1.20. The summed E-state index contributed by atoms with van der Waals surface area (Å²) in [7, 11) is 0. The van der Waals surface area contributed by atoms with Gasteiger partial charge in [0.1, 0.15) is 5.69 Å². The van der Waals surface area contributed by atoms with Crippen molar-refractivity contribution in [1.29, 1.82) is 0 Å². The molecule has 94 valence electrons. The minimum absolute atomic E-state index is 0.814. The monoisotopic (exact) mass is 249 g/mol. The van der Waals surface area contributed by atoms with Crippen molar-refractivity contribution in [2.45, 2.75) is 13.8 Å². The molecule has 1 aromatic carbocycles. The average molecular weight is 249 g/mol. The maximum Gasteiger partial charge on any atom is 0.156 e. The molecule has 3 heteroatoms. The molecular weight excluding hydrogens is 234 g/mol. The number of aryl methyl sites for hydroxylation is 2. The molecule has 3 rings (SSSR count). The van der Waals surface area contributed by atoms with Crippen molar-refractivity contribution in [3.63, 3.8) is 0 Å². The molecule has 0 amide bonds. The standard InChI is InChI=1S/C16H15N3/c1-11-6-5-7-13(10-11)15-12(2)18-16(19-15)14-8-3-4-9-17-14/h3-10H,1-2H3,(H,18,19). The van der Waals surface area contributed by atoms with Crippen molar-refractivity contribution >= 4 is 0 Å². The first kappa shape index (κ1) is 11.7. The number of imidazole rings is 1. The minimum Gasteiger partial charge on any atom is -0.340 e. The highest BCUT2D eigenvalue weighted by atomic mass is 15.0. The molecule has 0 saturated heterocycles. The van der Waals surface area contributed by atoms with Crippen LogP contribution in [-0.4, -0.2) is 15.0 Å². The van der Waals surface area contributed by atoms with Crippen LogP contribution in [0.15, 0.2) is 48.7 Å². The second-order valence-corrected chi connectivity index (χ2v) is 4.64. The molecule has 0 radical (unpaired) electrons. The minimum atomic E-state index is 0.814. The predicted molar refractivity (Wildman–Crippen MR) is 76.7 cm³/mol. The molecule has 19 heavy (non-hydrogen) atoms. The number of hydrogen-bond donors (Lipinski definition) is 1. The zero-order valence-electron chi connectivity index (χ0n) is 11.0. The van der Waals surface area contributed by atoms with E-state index in [0.717, 1.165) is 28.5 Å². The summed E-state index contributed by atoms with van der Waals surface area (Å²) >= 11 is 0. The normalized spacial score (nSPS) is 10.6. The van der Waals surface area contributed by atoms with E-state index >= 15 is 0 Å². The third-order valence-corrected chi connectivity index (χ3v) is 3.08. The molecule has 0 fully saturated rings. The number of hydrogen-bond acceptors (Lipinski definition) is 2. The zero-order chi connectivity index (χ0) is 13.2. The summed E-state index contributed by atoms with van der Waals surface area (Å²) in [6.07, 6.45) is 1.78. The third kappa shape index (κ3) is 2.27. The van der Waals surface area contributed by atoms with Gasteiger partial charge in [-0.15, -0.1) is 0 Å². The van der Waals surface area contributed by atoms with E-state index in [2.05, 4.69) is 46.1 Å². The number of benzene rings is 1. The van der Waals surface area contributed by atoms with Gasteiger partial charge >= 0.3 is 0 Å². The second kappa shape index (κ2) is 4.69. The molecule has 0 bridgehead atoms. The molecule has 0 saturated carbocycles. The maximum absolute atomic E-state index is 4.67. The first-order valence-corrected chi connectivity index (χ1v) is 6.29. The predicted octanol–water partition coefficient (Wildman–Crippen LogP) is 3.76. The number of pyridine rings is 1. The number of rotatable bonds is 2. The van der Waals surface area contributed by atoms with Crippen LogP contribution < -0.4 is 0 Å². The molecular formula is C16H15N3. The molecule has 1 N–H and O–H groups in total. The van der Waals surface area contributed by atoms with E-state index in [4.69, 9.17) is 0 Å². The van der Waals surface area contributed by atoms with Crippen LogP contribution in [-0.2, 0) is 0 Å². The van der Waals surface area contributed by atoms with Crippen LogP contribution in [0.3, 0.4) is 0 Å². The quantitative estimate of drug-likeness (QED) is 0.751. The van der Waals surface area contributed by atoms with Gasteiger partial charge in [0.2, 0.25) is 0 Å². The summed E-state index contributed by atoms with van der Waals surface area (Å²) in [5, 5.41) is 0. The van der Waals surface area contributed by atoms with Gasteiger partial charge in [-0.1, -0.05) is 29.8 Å². The van der Waals surface area contributed by atoms with Crippen molar-refractivity contribution in [3.05, 3.63) is 59.9 Å². The Morgan fingerprint density at radius 2 is 1.89 bits per heavy atom. The van der Waals surface area contributed by atoms with Gasteiger partial charge in [0.05, 0.1) is 5.69 Å². The number of aromatic nitrogens is 3. The van der Waals surface area contributed by atoms with E-state index < -0.39 is 0 Å². The van der Waals surface area contributed by atoms with Gasteiger partial charge in [-0.2, -0.15) is 0 Å². The summed E-state index contributed by atoms with van der Waals surface area (Å²) in [6.45, 7) is 4.13. The Balaban J connectivity index is 2.08. The molecule has 3 nitrogen and oxygen atoms in total. The summed E-state index contributed by atoms with van der Waals surface area (Å²) in [5.41, 5.74) is 5.29. The molecule has 0 aliphatic heterocycles. The van der Waals surface area contributed by atoms with Crippen LogP contribution in [0, 0.1) is 13.8 Å². The average Bonchev–Trinajstić information content (AvgIpc) is 2.82. The Morgan fingerprint density at radius 3 is 2.63 bits per heavy atom. The van der Waals surface area contributed by atoms with Crippen LogP contribution in [0.1, 0.15) is 11.3 Å². The van der Waals surface area contributed by atoms with Crippen LogP contribution in [0.2, 0.25) is 0 Å². The maximum atomic E-state index is 4.67. The summed E-state index contributed by atoms with van der Waals surface area (Å²) < 4.78 is 0. The SMILES string of the molecule is Cc1cccc(-c2nc(-c3ccccn3)[nH]c2C)c1. The Bertz CT molecular complexity index is 699. The molecule has 0 aliphatic rings. The fraction of sp³-hybridized carbons (Fsp3) is 0.125. The van der Waals surface area contributed by atoms with Crippen LogP contribution >= 0.6 is 0 Å². The molecule has 0 atom stereocenters. The van der Waals surface area contributed by atoms with Gasteiger partial charge in [-0.3, -0.25) is 4.98 Å². The van der Waals surface area contributed by atoms with E-state index in [0.29, 0.717) is 0 Å². The molecule has 2 aromatic heterocycles. The van der Waals surface area contributed by atoms with Crippen molar-refractivity contribution < 1.29 is 0 Å². The first-order chi connectivity index (χ1) is 9.24. The number of H-pyrrole nitrogens is 1. The lowest BCUT2D eigenvalue weighted by Gasteiger charge is -1.99. The number of nitrogens with zero attached hydrogens (tertiary/aromatic N) is 2. The Morgan fingerprint density at radius 1 is 1.00 bits per heavy atom. The van der Waals surface area contributed by atoms with Crippen molar-refractivity contribution in [2.24, 2.45) is 0 Å². The van der Waals surface area contributed by atoms with E-state index in [-0.39, 0.29) is 0 Å². The van der Waals surface area contributed by atoms with Gasteiger partial charge in [-0.25, -0.2) is 4.98 Å². The second-order valence-electron chi connectivity index (χ2n) is 4.64. The topological polar surface area (TPSA) is 41.6 Å². The number of nitrogens with one attached hydrogen (secondary N) is 1. The highest BCUT2D eigenvalue weighted by Gasteiger charge is 2.10. The lowest BCUT2D eigenvalue weighted by atomic mass is 10.1. The fourth-order valence-electron chi connectivity index (χ4n) is 2.16. The summed E-state index contributed by atoms with van der Waals surface area (Å²) in [6, 6.07) is 14.2. The van der Waals surface area contributed by atoms with Gasteiger partial charge in [-0.05, 0) is 32.0 Å². The fourth-order valence-corrected chi connectivity index (χ4v) is 2.16. The van der Waals surface area contributed by atoms with E-state index in [1.165, 1.54) is 5.56 Å². The summed E-state index contributed by atoms with van der Waals surface area (Å²) in [5.74, 6) is 0.814. The summed E-state index contributed by atoms with van der Waals surface area (Å²) in [4.78, 5) is 12.3. The Labute approximate surface area is 112 Å². The lowest BCUT2D eigenvalue weighted by Crippen LogP contribution is -1.84. The van der Waals surface area contributed by atoms with Crippen LogP contribution in [0.25, 0.3) is 22.8 Å². The highest BCUT2D eigenvalue weighted by molar-refractivity contribution is 5.66. The van der Waals surface area contributed by atoms with Crippen molar-refractivity contribution in [2.75, 3.05) is 0 Å². The van der Waals surface area contributed by atoms with Crippen molar-refractivity contribution in [1.82, 2.24) is 15.0 Å². The molecule has 0 spiro atoms. The van der Waals surface area contributed by atoms with Crippen LogP contribution in [0.5, 0.6) is 0 Å². The van der Waals surface area contributed by atoms with Gasteiger partial charge in [0.15, 0.2) is 5.82 Å². The molecule has 0 aliphatic carbocycles. The van der Waals surface area contributed by atoms with Crippen LogP contribution in [0.4, 0.5) is 0 Å². The Kier molecular flexibility index (Phi) is 2.88. The van der Waals surface area contributed by atoms with Gasteiger partial charge < -0.3 is 4.98 Å². The van der Waals surface area contributed by atoms with Gasteiger partial charge in [0.25, 0.3) is 0 Å². The third-order valence-electron chi connectivity index (χ3n) is 3.08. The molecule has 2 heterocycles. The first-order valence-electron chi connectivity index (χ1n) is 6.29. The van der Waals surface area contributed by atoms with Crippen molar-refractivity contribution in [3.8, 4) is 22.8 Å². The smallest absolute Gasteiger partial charge is 0.156 e. The molecule has 0 unspecified atom stereocenters. The number of aromatic amines is 1. The Hall–Kier alpha value is -2.42. The molecule has 3 aromatic rings. The van der Waals surface area contributed by atoms with E-state index in [1.54, 1.807) is 6.20 Å². The van der Waals surface area contributed by atoms with E-state index in [9.17, 15) is 0 Å².